The van der Waals surface area contributed by atoms with Crippen molar-refractivity contribution in [3.8, 4) is 0 Å². The Morgan fingerprint density at radius 1 is 1.28 bits per heavy atom. The number of amides is 2. The highest BCUT2D eigenvalue weighted by molar-refractivity contribution is 5.75. The van der Waals surface area contributed by atoms with Crippen LogP contribution in [0.2, 0.25) is 0 Å². The Morgan fingerprint density at radius 3 is 2.28 bits per heavy atom. The van der Waals surface area contributed by atoms with Gasteiger partial charge in [0, 0.05) is 13.1 Å². The molecule has 1 fully saturated rings. The minimum atomic E-state index is -0.862. The predicted octanol–water partition coefficient (Wildman–Crippen LogP) is 1.83. The molecule has 2 amide bonds. The molecular formula is C13H24N2O3. The average molecular weight is 256 g/mol. The molecule has 5 nitrogen and oxygen atoms in total. The third-order valence-electron chi connectivity index (χ3n) is 4.07. The summed E-state index contributed by atoms with van der Waals surface area (Å²) >= 11 is 0. The van der Waals surface area contributed by atoms with Crippen LogP contribution < -0.4 is 10.6 Å². The highest BCUT2D eigenvalue weighted by Gasteiger charge is 2.45. The van der Waals surface area contributed by atoms with Gasteiger partial charge in [-0.25, -0.2) is 4.79 Å². The third-order valence-corrected chi connectivity index (χ3v) is 4.07. The van der Waals surface area contributed by atoms with Crippen LogP contribution in [0.15, 0.2) is 0 Å². The van der Waals surface area contributed by atoms with Crippen molar-refractivity contribution in [2.75, 3.05) is 13.1 Å². The minimum Gasteiger partial charge on any atom is -0.481 e. The van der Waals surface area contributed by atoms with E-state index >= 15 is 0 Å². The van der Waals surface area contributed by atoms with Gasteiger partial charge in [-0.2, -0.15) is 0 Å². The summed E-state index contributed by atoms with van der Waals surface area (Å²) < 4.78 is 0. The molecule has 1 aliphatic rings. The van der Waals surface area contributed by atoms with Crippen LogP contribution in [-0.4, -0.2) is 30.2 Å². The van der Waals surface area contributed by atoms with Gasteiger partial charge in [-0.05, 0) is 30.6 Å². The van der Waals surface area contributed by atoms with Crippen LogP contribution in [0.25, 0.3) is 0 Å². The summed E-state index contributed by atoms with van der Waals surface area (Å²) in [6, 6.07) is -0.262. The first-order valence-corrected chi connectivity index (χ1v) is 6.66. The predicted molar refractivity (Wildman–Crippen MR) is 69.3 cm³/mol. The molecule has 1 saturated carbocycles. The molecule has 0 aromatic heterocycles. The zero-order chi connectivity index (χ0) is 13.8. The normalized spacial score (nSPS) is 18.2. The van der Waals surface area contributed by atoms with E-state index in [-0.39, 0.29) is 18.0 Å². The van der Waals surface area contributed by atoms with Crippen molar-refractivity contribution in [3.05, 3.63) is 0 Å². The molecule has 0 aliphatic heterocycles. The second kappa shape index (κ2) is 6.07. The van der Waals surface area contributed by atoms with E-state index in [4.69, 9.17) is 5.11 Å². The number of urea groups is 1. The second-order valence-corrected chi connectivity index (χ2v) is 5.52. The van der Waals surface area contributed by atoms with Crippen molar-refractivity contribution in [2.45, 2.75) is 40.0 Å². The molecule has 0 bridgehead atoms. The van der Waals surface area contributed by atoms with E-state index in [1.807, 2.05) is 0 Å². The van der Waals surface area contributed by atoms with Crippen LogP contribution in [0.3, 0.4) is 0 Å². The Morgan fingerprint density at radius 2 is 1.89 bits per heavy atom. The number of aliphatic carboxylic acids is 1. The number of nitrogens with one attached hydrogen (secondary N) is 2. The van der Waals surface area contributed by atoms with Crippen LogP contribution in [0.1, 0.15) is 40.0 Å². The third kappa shape index (κ3) is 3.89. The molecule has 5 heteroatoms. The fourth-order valence-corrected chi connectivity index (χ4v) is 2.06. The summed E-state index contributed by atoms with van der Waals surface area (Å²) in [5.74, 6) is -0.797. The SMILES string of the molecule is CCC(CNC(=O)NCC1(C(C)C)CC1)C(=O)O. The zero-order valence-electron chi connectivity index (χ0n) is 11.5. The maximum atomic E-state index is 11.6. The Balaban J connectivity index is 2.24. The van der Waals surface area contributed by atoms with E-state index < -0.39 is 11.9 Å². The van der Waals surface area contributed by atoms with Gasteiger partial charge in [0.15, 0.2) is 0 Å². The highest BCUT2D eigenvalue weighted by atomic mass is 16.4. The zero-order valence-corrected chi connectivity index (χ0v) is 11.5. The van der Waals surface area contributed by atoms with Crippen molar-refractivity contribution in [3.63, 3.8) is 0 Å². The fraction of sp³-hybridized carbons (Fsp3) is 0.846. The van der Waals surface area contributed by atoms with Gasteiger partial charge in [-0.15, -0.1) is 0 Å². The number of carboxylic acids is 1. The number of hydrogen-bond acceptors (Lipinski definition) is 2. The lowest BCUT2D eigenvalue weighted by atomic mass is 9.92. The minimum absolute atomic E-state index is 0.187. The van der Waals surface area contributed by atoms with Gasteiger partial charge >= 0.3 is 12.0 Å². The van der Waals surface area contributed by atoms with Crippen molar-refractivity contribution < 1.29 is 14.7 Å². The number of carbonyl (C=O) groups excluding carboxylic acids is 1. The van der Waals surface area contributed by atoms with Gasteiger partial charge in [0.1, 0.15) is 0 Å². The summed E-state index contributed by atoms with van der Waals surface area (Å²) in [4.78, 5) is 22.4. The smallest absolute Gasteiger partial charge is 0.314 e. The van der Waals surface area contributed by atoms with Crippen LogP contribution in [0.4, 0.5) is 4.79 Å². The summed E-state index contributed by atoms with van der Waals surface area (Å²) in [7, 11) is 0. The van der Waals surface area contributed by atoms with Crippen LogP contribution in [0.5, 0.6) is 0 Å². The quantitative estimate of drug-likeness (QED) is 0.650. The largest absolute Gasteiger partial charge is 0.481 e. The van der Waals surface area contributed by atoms with Crippen LogP contribution in [-0.2, 0) is 4.79 Å². The first-order valence-electron chi connectivity index (χ1n) is 6.66. The van der Waals surface area contributed by atoms with E-state index in [9.17, 15) is 9.59 Å². The molecule has 1 atom stereocenters. The van der Waals surface area contributed by atoms with E-state index in [0.29, 0.717) is 18.9 Å². The Kier molecular flexibility index (Phi) is 4.99. The van der Waals surface area contributed by atoms with Crippen LogP contribution in [0, 0.1) is 17.3 Å². The maximum Gasteiger partial charge on any atom is 0.314 e. The van der Waals surface area contributed by atoms with E-state index in [0.717, 1.165) is 12.8 Å². The number of rotatable bonds is 7. The fourth-order valence-electron chi connectivity index (χ4n) is 2.06. The molecule has 1 rings (SSSR count). The second-order valence-electron chi connectivity index (χ2n) is 5.52. The van der Waals surface area contributed by atoms with Gasteiger partial charge in [0.25, 0.3) is 0 Å². The monoisotopic (exact) mass is 256 g/mol. The number of carbonyl (C=O) groups is 2. The lowest BCUT2D eigenvalue weighted by Gasteiger charge is -2.20. The van der Waals surface area contributed by atoms with Crippen molar-refractivity contribution in [2.24, 2.45) is 17.3 Å². The Bertz CT molecular complexity index is 311. The topological polar surface area (TPSA) is 78.4 Å². The summed E-state index contributed by atoms with van der Waals surface area (Å²) in [6.45, 7) is 7.01. The summed E-state index contributed by atoms with van der Waals surface area (Å²) in [5, 5.41) is 14.3. The first-order chi connectivity index (χ1) is 8.41. The molecule has 0 aromatic carbocycles. The molecule has 0 aromatic rings. The molecule has 104 valence electrons. The van der Waals surface area contributed by atoms with Gasteiger partial charge in [0.05, 0.1) is 5.92 Å². The number of hydrogen-bond donors (Lipinski definition) is 3. The lowest BCUT2D eigenvalue weighted by molar-refractivity contribution is -0.141. The first kappa shape index (κ1) is 14.8. The molecule has 3 N–H and O–H groups in total. The molecule has 1 aliphatic carbocycles. The van der Waals surface area contributed by atoms with Crippen molar-refractivity contribution >= 4 is 12.0 Å². The van der Waals surface area contributed by atoms with E-state index in [2.05, 4.69) is 24.5 Å². The Labute approximate surface area is 108 Å². The maximum absolute atomic E-state index is 11.6. The molecular weight excluding hydrogens is 232 g/mol. The Hall–Kier alpha value is -1.26. The molecule has 18 heavy (non-hydrogen) atoms. The van der Waals surface area contributed by atoms with Crippen molar-refractivity contribution in [1.29, 1.82) is 0 Å². The van der Waals surface area contributed by atoms with Gasteiger partial charge in [-0.3, -0.25) is 4.79 Å². The van der Waals surface area contributed by atoms with Crippen LogP contribution >= 0.6 is 0 Å². The van der Waals surface area contributed by atoms with E-state index in [1.54, 1.807) is 6.92 Å². The van der Waals surface area contributed by atoms with Gasteiger partial charge in [0.2, 0.25) is 0 Å². The molecule has 0 radical (unpaired) electrons. The summed E-state index contributed by atoms with van der Waals surface area (Å²) in [6.07, 6.45) is 2.85. The molecule has 0 saturated heterocycles. The summed E-state index contributed by atoms with van der Waals surface area (Å²) in [5.41, 5.74) is 0.272. The van der Waals surface area contributed by atoms with E-state index in [1.165, 1.54) is 0 Å². The molecule has 1 unspecified atom stereocenters. The van der Waals surface area contributed by atoms with Gasteiger partial charge in [-0.1, -0.05) is 20.8 Å². The average Bonchev–Trinajstić information content (AvgIpc) is 3.07. The standard InChI is InChI=1S/C13H24N2O3/c1-4-10(11(16)17)7-14-12(18)15-8-13(5-6-13)9(2)3/h9-10H,4-8H2,1-3H3,(H,16,17)(H2,14,15,18). The number of carboxylic acid groups (broad SMARTS) is 1. The lowest BCUT2D eigenvalue weighted by Crippen LogP contribution is -2.42. The molecule has 0 spiro atoms. The molecule has 0 heterocycles. The highest BCUT2D eigenvalue weighted by Crippen LogP contribution is 2.51. The van der Waals surface area contributed by atoms with Gasteiger partial charge < -0.3 is 15.7 Å². The van der Waals surface area contributed by atoms with Crippen molar-refractivity contribution in [1.82, 2.24) is 10.6 Å².